The summed E-state index contributed by atoms with van der Waals surface area (Å²) in [5.41, 5.74) is 1.46. The van der Waals surface area contributed by atoms with Crippen LogP contribution in [-0.2, 0) is 6.54 Å². The lowest BCUT2D eigenvalue weighted by molar-refractivity contribution is -0.384. The SMILES string of the molecule is O=[N+]([O-])c1ccc(Br)cc1NCc1cn[nH]c1. The number of hydrogen-bond acceptors (Lipinski definition) is 4. The lowest BCUT2D eigenvalue weighted by Crippen LogP contribution is -2.01. The standard InChI is InChI=1S/C10H9BrN4O2/c11-8-1-2-10(15(16)17)9(3-8)12-4-7-5-13-14-6-7/h1-3,5-6,12H,4H2,(H,13,14). The second-order valence-corrected chi connectivity index (χ2v) is 4.29. The number of rotatable bonds is 4. The van der Waals surface area contributed by atoms with E-state index in [0.29, 0.717) is 12.2 Å². The molecule has 7 heteroatoms. The third kappa shape index (κ3) is 2.82. The van der Waals surface area contributed by atoms with E-state index in [9.17, 15) is 10.1 Å². The van der Waals surface area contributed by atoms with E-state index in [1.165, 1.54) is 6.07 Å². The number of aromatic nitrogens is 2. The van der Waals surface area contributed by atoms with Crippen LogP contribution in [0.2, 0.25) is 0 Å². The number of hydrogen-bond donors (Lipinski definition) is 2. The molecule has 88 valence electrons. The first-order chi connectivity index (χ1) is 8.16. The summed E-state index contributed by atoms with van der Waals surface area (Å²) in [5, 5.41) is 20.3. The molecule has 1 heterocycles. The minimum Gasteiger partial charge on any atom is -0.375 e. The van der Waals surface area contributed by atoms with Gasteiger partial charge in [0.05, 0.1) is 11.1 Å². The van der Waals surface area contributed by atoms with E-state index < -0.39 is 4.92 Å². The summed E-state index contributed by atoms with van der Waals surface area (Å²) < 4.78 is 0.790. The monoisotopic (exact) mass is 296 g/mol. The molecule has 0 fully saturated rings. The van der Waals surface area contributed by atoms with Crippen molar-refractivity contribution in [1.29, 1.82) is 0 Å². The van der Waals surface area contributed by atoms with Crippen LogP contribution in [0.25, 0.3) is 0 Å². The Balaban J connectivity index is 2.19. The first-order valence-electron chi connectivity index (χ1n) is 4.82. The van der Waals surface area contributed by atoms with Gasteiger partial charge >= 0.3 is 0 Å². The number of H-pyrrole nitrogens is 1. The van der Waals surface area contributed by atoms with E-state index in [4.69, 9.17) is 0 Å². The summed E-state index contributed by atoms with van der Waals surface area (Å²) in [7, 11) is 0. The zero-order valence-corrected chi connectivity index (χ0v) is 10.3. The van der Waals surface area contributed by atoms with Crippen LogP contribution in [-0.4, -0.2) is 15.1 Å². The number of benzene rings is 1. The predicted octanol–water partition coefficient (Wildman–Crippen LogP) is 2.69. The van der Waals surface area contributed by atoms with E-state index in [-0.39, 0.29) is 5.69 Å². The summed E-state index contributed by atoms with van der Waals surface area (Å²) in [6.07, 6.45) is 3.40. The molecular formula is C10H9BrN4O2. The summed E-state index contributed by atoms with van der Waals surface area (Å²) in [6.45, 7) is 0.480. The Morgan fingerprint density at radius 3 is 3.00 bits per heavy atom. The smallest absolute Gasteiger partial charge is 0.292 e. The Morgan fingerprint density at radius 1 is 1.53 bits per heavy atom. The van der Waals surface area contributed by atoms with Gasteiger partial charge < -0.3 is 5.32 Å². The third-order valence-corrected chi connectivity index (χ3v) is 2.69. The third-order valence-electron chi connectivity index (χ3n) is 2.19. The van der Waals surface area contributed by atoms with Crippen LogP contribution in [0.4, 0.5) is 11.4 Å². The molecule has 1 aromatic heterocycles. The molecule has 0 aliphatic heterocycles. The molecule has 17 heavy (non-hydrogen) atoms. The Morgan fingerprint density at radius 2 is 2.35 bits per heavy atom. The molecule has 6 nitrogen and oxygen atoms in total. The maximum absolute atomic E-state index is 10.8. The van der Waals surface area contributed by atoms with Crippen LogP contribution >= 0.6 is 15.9 Å². The molecule has 2 N–H and O–H groups in total. The fourth-order valence-electron chi connectivity index (χ4n) is 1.38. The minimum absolute atomic E-state index is 0.0525. The topological polar surface area (TPSA) is 83.8 Å². The van der Waals surface area contributed by atoms with Gasteiger partial charge in [-0.15, -0.1) is 0 Å². The van der Waals surface area contributed by atoms with Gasteiger partial charge in [0.2, 0.25) is 0 Å². The highest BCUT2D eigenvalue weighted by atomic mass is 79.9. The van der Waals surface area contributed by atoms with Crippen molar-refractivity contribution in [2.24, 2.45) is 0 Å². The molecule has 2 aromatic rings. The van der Waals surface area contributed by atoms with Gasteiger partial charge in [0.25, 0.3) is 5.69 Å². The Kier molecular flexibility index (Phi) is 3.38. The van der Waals surface area contributed by atoms with Gasteiger partial charge in [0, 0.05) is 28.8 Å². The quantitative estimate of drug-likeness (QED) is 0.671. The molecule has 0 atom stereocenters. The van der Waals surface area contributed by atoms with Crippen molar-refractivity contribution in [2.45, 2.75) is 6.54 Å². The highest BCUT2D eigenvalue weighted by Crippen LogP contribution is 2.28. The Bertz CT molecular complexity index is 527. The average molecular weight is 297 g/mol. The lowest BCUT2D eigenvalue weighted by Gasteiger charge is -2.06. The average Bonchev–Trinajstić information content (AvgIpc) is 2.78. The van der Waals surface area contributed by atoms with Gasteiger partial charge in [-0.1, -0.05) is 15.9 Å². The highest BCUT2D eigenvalue weighted by molar-refractivity contribution is 9.10. The summed E-state index contributed by atoms with van der Waals surface area (Å²) in [4.78, 5) is 10.4. The van der Waals surface area contributed by atoms with E-state index >= 15 is 0 Å². The van der Waals surface area contributed by atoms with Gasteiger partial charge in [0.1, 0.15) is 5.69 Å². The maximum Gasteiger partial charge on any atom is 0.292 e. The van der Waals surface area contributed by atoms with Crippen LogP contribution < -0.4 is 5.32 Å². The minimum atomic E-state index is -0.413. The summed E-state index contributed by atoms with van der Waals surface area (Å²) in [5.74, 6) is 0. The molecular weight excluding hydrogens is 288 g/mol. The molecule has 0 saturated heterocycles. The fourth-order valence-corrected chi connectivity index (χ4v) is 1.74. The van der Waals surface area contributed by atoms with Crippen LogP contribution in [0.3, 0.4) is 0 Å². The van der Waals surface area contributed by atoms with Crippen molar-refractivity contribution in [1.82, 2.24) is 10.2 Å². The molecule has 0 aliphatic rings. The fraction of sp³-hybridized carbons (Fsp3) is 0.100. The Labute approximate surface area is 105 Å². The second kappa shape index (κ2) is 4.96. The van der Waals surface area contributed by atoms with Crippen molar-refractivity contribution in [3.63, 3.8) is 0 Å². The van der Waals surface area contributed by atoms with Gasteiger partial charge in [-0.05, 0) is 12.1 Å². The normalized spacial score (nSPS) is 10.2. The predicted molar refractivity (Wildman–Crippen MR) is 66.7 cm³/mol. The van der Waals surface area contributed by atoms with Crippen LogP contribution in [0.15, 0.2) is 35.1 Å². The van der Waals surface area contributed by atoms with E-state index in [0.717, 1.165) is 10.0 Å². The number of anilines is 1. The van der Waals surface area contributed by atoms with Crippen LogP contribution in [0.5, 0.6) is 0 Å². The van der Waals surface area contributed by atoms with Crippen LogP contribution in [0.1, 0.15) is 5.56 Å². The first kappa shape index (κ1) is 11.6. The maximum atomic E-state index is 10.8. The van der Waals surface area contributed by atoms with Crippen molar-refractivity contribution >= 4 is 27.3 Å². The van der Waals surface area contributed by atoms with E-state index in [1.54, 1.807) is 24.5 Å². The number of nitrogens with one attached hydrogen (secondary N) is 2. The molecule has 0 radical (unpaired) electrons. The zero-order chi connectivity index (χ0) is 12.3. The first-order valence-corrected chi connectivity index (χ1v) is 5.61. The number of nitrogens with zero attached hydrogens (tertiary/aromatic N) is 2. The largest absolute Gasteiger partial charge is 0.375 e. The van der Waals surface area contributed by atoms with Crippen LogP contribution in [0, 0.1) is 10.1 Å². The number of nitro benzene ring substituents is 1. The molecule has 2 rings (SSSR count). The second-order valence-electron chi connectivity index (χ2n) is 3.38. The molecule has 1 aromatic carbocycles. The number of nitro groups is 1. The van der Waals surface area contributed by atoms with Crippen molar-refractivity contribution in [3.05, 3.63) is 50.7 Å². The lowest BCUT2D eigenvalue weighted by atomic mass is 10.2. The summed E-state index contributed by atoms with van der Waals surface area (Å²) >= 11 is 3.28. The van der Waals surface area contributed by atoms with E-state index in [2.05, 4.69) is 31.4 Å². The van der Waals surface area contributed by atoms with Crippen molar-refractivity contribution < 1.29 is 4.92 Å². The molecule has 0 saturated carbocycles. The molecule has 0 aliphatic carbocycles. The van der Waals surface area contributed by atoms with Crippen molar-refractivity contribution in [3.8, 4) is 0 Å². The molecule has 0 amide bonds. The molecule has 0 bridgehead atoms. The van der Waals surface area contributed by atoms with Gasteiger partial charge in [-0.2, -0.15) is 5.10 Å². The molecule has 0 spiro atoms. The highest BCUT2D eigenvalue weighted by Gasteiger charge is 2.13. The zero-order valence-electron chi connectivity index (χ0n) is 8.68. The number of aromatic amines is 1. The Hall–Kier alpha value is -1.89. The van der Waals surface area contributed by atoms with Crippen molar-refractivity contribution in [2.75, 3.05) is 5.32 Å². The molecule has 0 unspecified atom stereocenters. The van der Waals surface area contributed by atoms with Gasteiger partial charge in [-0.25, -0.2) is 0 Å². The van der Waals surface area contributed by atoms with E-state index in [1.807, 2.05) is 0 Å². The van der Waals surface area contributed by atoms with Gasteiger partial charge in [-0.3, -0.25) is 15.2 Å². The summed E-state index contributed by atoms with van der Waals surface area (Å²) in [6, 6.07) is 4.78. The number of halogens is 1. The van der Waals surface area contributed by atoms with Gasteiger partial charge in [0.15, 0.2) is 0 Å².